The number of sulfonamides is 1. The van der Waals surface area contributed by atoms with Crippen LogP contribution in [-0.4, -0.2) is 21.6 Å². The van der Waals surface area contributed by atoms with Gasteiger partial charge in [-0.15, -0.1) is 0 Å². The second kappa shape index (κ2) is 6.34. The zero-order valence-corrected chi connectivity index (χ0v) is 13.6. The molecule has 3 N–H and O–H groups in total. The molecule has 0 bridgehead atoms. The van der Waals surface area contributed by atoms with Crippen LogP contribution in [0.5, 0.6) is 5.75 Å². The van der Waals surface area contributed by atoms with Crippen molar-refractivity contribution in [2.45, 2.75) is 44.2 Å². The topological polar surface area (TPSA) is 81.4 Å². The van der Waals surface area contributed by atoms with Gasteiger partial charge >= 0.3 is 0 Å². The van der Waals surface area contributed by atoms with Crippen molar-refractivity contribution < 1.29 is 13.2 Å². The van der Waals surface area contributed by atoms with Crippen LogP contribution in [0.4, 0.5) is 0 Å². The van der Waals surface area contributed by atoms with E-state index in [1.165, 1.54) is 0 Å². The molecule has 3 unspecified atom stereocenters. The van der Waals surface area contributed by atoms with E-state index in [0.717, 1.165) is 12.8 Å². The van der Waals surface area contributed by atoms with Gasteiger partial charge in [-0.05, 0) is 42.9 Å². The van der Waals surface area contributed by atoms with Crippen LogP contribution >= 0.6 is 0 Å². The van der Waals surface area contributed by atoms with Crippen LogP contribution < -0.4 is 15.2 Å². The molecular weight excluding hydrogens is 288 g/mol. The summed E-state index contributed by atoms with van der Waals surface area (Å²) >= 11 is 0. The first-order chi connectivity index (χ1) is 9.89. The van der Waals surface area contributed by atoms with Gasteiger partial charge in [0.1, 0.15) is 5.75 Å². The molecule has 1 aliphatic rings. The van der Waals surface area contributed by atoms with E-state index in [1.54, 1.807) is 25.3 Å². The van der Waals surface area contributed by atoms with Gasteiger partial charge in [0.2, 0.25) is 10.0 Å². The molecule has 0 heterocycles. The third kappa shape index (κ3) is 3.39. The van der Waals surface area contributed by atoms with Crippen molar-refractivity contribution in [1.82, 2.24) is 4.72 Å². The van der Waals surface area contributed by atoms with E-state index in [4.69, 9.17) is 10.5 Å². The highest BCUT2D eigenvalue weighted by atomic mass is 32.2. The van der Waals surface area contributed by atoms with Gasteiger partial charge in [0, 0.05) is 18.2 Å². The average molecular weight is 312 g/mol. The maximum absolute atomic E-state index is 12.5. The Kier molecular flexibility index (Phi) is 4.91. The summed E-state index contributed by atoms with van der Waals surface area (Å²) in [5.74, 6) is 1.51. The summed E-state index contributed by atoms with van der Waals surface area (Å²) < 4.78 is 33.0. The van der Waals surface area contributed by atoms with E-state index < -0.39 is 10.0 Å². The number of hydrogen-bond acceptors (Lipinski definition) is 4. The minimum atomic E-state index is -3.52. The van der Waals surface area contributed by atoms with Crippen molar-refractivity contribution in [1.29, 1.82) is 0 Å². The van der Waals surface area contributed by atoms with Gasteiger partial charge in [-0.3, -0.25) is 0 Å². The SMILES string of the molecule is COc1ccc(S(=O)(=O)NC2CCC(C)C2C)cc1CN. The number of ether oxygens (including phenoxy) is 1. The molecule has 5 nitrogen and oxygen atoms in total. The summed E-state index contributed by atoms with van der Waals surface area (Å²) in [6, 6.07) is 4.80. The molecule has 0 amide bonds. The number of rotatable bonds is 5. The fraction of sp³-hybridized carbons (Fsp3) is 0.600. The minimum absolute atomic E-state index is 0.00780. The van der Waals surface area contributed by atoms with Gasteiger partial charge in [-0.2, -0.15) is 0 Å². The smallest absolute Gasteiger partial charge is 0.240 e. The first-order valence-corrected chi connectivity index (χ1v) is 8.76. The molecule has 0 spiro atoms. The molecule has 1 aromatic rings. The average Bonchev–Trinajstić information content (AvgIpc) is 2.78. The first kappa shape index (κ1) is 16.3. The molecule has 0 aromatic heterocycles. The van der Waals surface area contributed by atoms with Gasteiger partial charge in [0.05, 0.1) is 12.0 Å². The molecule has 21 heavy (non-hydrogen) atoms. The molecule has 2 rings (SSSR count). The molecule has 6 heteroatoms. The molecular formula is C15H24N2O3S. The largest absolute Gasteiger partial charge is 0.496 e. The quantitative estimate of drug-likeness (QED) is 0.869. The second-order valence-electron chi connectivity index (χ2n) is 5.82. The third-order valence-corrected chi connectivity index (χ3v) is 6.04. The fourth-order valence-corrected chi connectivity index (χ4v) is 4.29. The van der Waals surface area contributed by atoms with Crippen LogP contribution in [-0.2, 0) is 16.6 Å². The van der Waals surface area contributed by atoms with E-state index in [2.05, 4.69) is 18.6 Å². The van der Waals surface area contributed by atoms with E-state index in [-0.39, 0.29) is 17.5 Å². The van der Waals surface area contributed by atoms with Crippen molar-refractivity contribution in [2.75, 3.05) is 7.11 Å². The summed E-state index contributed by atoms with van der Waals surface area (Å²) in [6.07, 6.45) is 1.95. The van der Waals surface area contributed by atoms with Crippen molar-refractivity contribution in [3.05, 3.63) is 23.8 Å². The van der Waals surface area contributed by atoms with Crippen LogP contribution in [0.1, 0.15) is 32.3 Å². The highest BCUT2D eigenvalue weighted by Crippen LogP contribution is 2.32. The Morgan fingerprint density at radius 1 is 1.33 bits per heavy atom. The zero-order chi connectivity index (χ0) is 15.6. The highest BCUT2D eigenvalue weighted by molar-refractivity contribution is 7.89. The number of benzene rings is 1. The molecule has 1 aliphatic carbocycles. The Balaban J connectivity index is 2.24. The van der Waals surface area contributed by atoms with Gasteiger partial charge in [0.25, 0.3) is 0 Å². The number of hydrogen-bond donors (Lipinski definition) is 2. The third-order valence-electron chi connectivity index (χ3n) is 4.55. The Bertz CT molecular complexity index is 601. The number of methoxy groups -OCH3 is 1. The Labute approximate surface area is 126 Å². The molecule has 1 fully saturated rings. The van der Waals surface area contributed by atoms with Crippen molar-refractivity contribution >= 4 is 10.0 Å². The van der Waals surface area contributed by atoms with Crippen LogP contribution in [0.15, 0.2) is 23.1 Å². The van der Waals surface area contributed by atoms with Crippen LogP contribution in [0, 0.1) is 11.8 Å². The summed E-state index contributed by atoms with van der Waals surface area (Å²) in [7, 11) is -1.97. The molecule has 0 aliphatic heterocycles. The standard InChI is InChI=1S/C15H24N2O3S/c1-10-4-6-14(11(10)2)17-21(18,19)13-5-7-15(20-3)12(8-13)9-16/h5,7-8,10-11,14,17H,4,6,9,16H2,1-3H3. The van der Waals surface area contributed by atoms with Crippen LogP contribution in [0.2, 0.25) is 0 Å². The maximum atomic E-state index is 12.5. The predicted octanol–water partition coefficient (Wildman–Crippen LogP) is 1.87. The summed E-state index contributed by atoms with van der Waals surface area (Å²) in [5.41, 5.74) is 6.34. The van der Waals surface area contributed by atoms with E-state index in [9.17, 15) is 8.42 Å². The van der Waals surface area contributed by atoms with Crippen LogP contribution in [0.25, 0.3) is 0 Å². The van der Waals surface area contributed by atoms with E-state index in [0.29, 0.717) is 23.1 Å². The van der Waals surface area contributed by atoms with Gasteiger partial charge in [-0.1, -0.05) is 13.8 Å². The van der Waals surface area contributed by atoms with E-state index in [1.807, 2.05) is 0 Å². The fourth-order valence-electron chi connectivity index (χ4n) is 2.88. The molecule has 0 saturated heterocycles. The number of nitrogens with one attached hydrogen (secondary N) is 1. The molecule has 0 radical (unpaired) electrons. The van der Waals surface area contributed by atoms with Crippen molar-refractivity contribution in [3.63, 3.8) is 0 Å². The molecule has 1 saturated carbocycles. The zero-order valence-electron chi connectivity index (χ0n) is 12.8. The predicted molar refractivity (Wildman–Crippen MR) is 82.6 cm³/mol. The Morgan fingerprint density at radius 3 is 2.57 bits per heavy atom. The van der Waals surface area contributed by atoms with Gasteiger partial charge < -0.3 is 10.5 Å². The Morgan fingerprint density at radius 2 is 2.05 bits per heavy atom. The van der Waals surface area contributed by atoms with Crippen LogP contribution in [0.3, 0.4) is 0 Å². The minimum Gasteiger partial charge on any atom is -0.496 e. The molecule has 118 valence electrons. The lowest BCUT2D eigenvalue weighted by Gasteiger charge is -2.20. The lowest BCUT2D eigenvalue weighted by Crippen LogP contribution is -2.37. The van der Waals surface area contributed by atoms with Crippen molar-refractivity contribution in [2.24, 2.45) is 17.6 Å². The lowest BCUT2D eigenvalue weighted by atomic mass is 9.98. The van der Waals surface area contributed by atoms with Gasteiger partial charge in [-0.25, -0.2) is 13.1 Å². The lowest BCUT2D eigenvalue weighted by molar-refractivity contribution is 0.402. The summed E-state index contributed by atoms with van der Waals surface area (Å²) in [5, 5.41) is 0. The van der Waals surface area contributed by atoms with E-state index >= 15 is 0 Å². The summed E-state index contributed by atoms with van der Waals surface area (Å²) in [4.78, 5) is 0.246. The number of nitrogens with two attached hydrogens (primary N) is 1. The highest BCUT2D eigenvalue weighted by Gasteiger charge is 2.33. The monoisotopic (exact) mass is 312 g/mol. The second-order valence-corrected chi connectivity index (χ2v) is 7.53. The van der Waals surface area contributed by atoms with Crippen molar-refractivity contribution in [3.8, 4) is 5.75 Å². The van der Waals surface area contributed by atoms with Gasteiger partial charge in [0.15, 0.2) is 0 Å². The Hall–Kier alpha value is -1.11. The normalized spacial score (nSPS) is 26.0. The molecule has 3 atom stereocenters. The first-order valence-electron chi connectivity index (χ1n) is 7.28. The maximum Gasteiger partial charge on any atom is 0.240 e. The summed E-state index contributed by atoms with van der Waals surface area (Å²) in [6.45, 7) is 4.51. The molecule has 1 aromatic carbocycles.